The van der Waals surface area contributed by atoms with Crippen LogP contribution in [0, 0.1) is 5.41 Å². The number of thiocarbonyl (C=S) groups is 1. The molecule has 4 heteroatoms. The Morgan fingerprint density at radius 3 is 2.44 bits per heavy atom. The first kappa shape index (κ1) is 15.9. The second-order valence-corrected chi connectivity index (χ2v) is 6.64. The standard InChI is InChI=1S/C14H29N3S/c1-14(2,13(15)18)7-6-8-16(3)11-12-17-9-4-5-10-17/h4-12H2,1-3H3,(H2,15,18). The van der Waals surface area contributed by atoms with Gasteiger partial charge < -0.3 is 15.5 Å². The summed E-state index contributed by atoms with van der Waals surface area (Å²) >= 11 is 5.09. The van der Waals surface area contributed by atoms with E-state index in [1.165, 1.54) is 45.4 Å². The molecule has 1 heterocycles. The molecule has 0 amide bonds. The highest BCUT2D eigenvalue weighted by molar-refractivity contribution is 7.80. The maximum Gasteiger partial charge on any atom is 0.0784 e. The van der Waals surface area contributed by atoms with Gasteiger partial charge in [-0.2, -0.15) is 0 Å². The van der Waals surface area contributed by atoms with E-state index < -0.39 is 0 Å². The Hall–Kier alpha value is -0.190. The molecule has 0 saturated carbocycles. The monoisotopic (exact) mass is 271 g/mol. The van der Waals surface area contributed by atoms with Crippen molar-refractivity contribution in [3.63, 3.8) is 0 Å². The minimum absolute atomic E-state index is 0.00509. The van der Waals surface area contributed by atoms with Crippen molar-refractivity contribution in [3.05, 3.63) is 0 Å². The zero-order valence-electron chi connectivity index (χ0n) is 12.2. The van der Waals surface area contributed by atoms with Crippen LogP contribution in [-0.2, 0) is 0 Å². The average Bonchev–Trinajstić information content (AvgIpc) is 2.78. The molecule has 3 nitrogen and oxygen atoms in total. The van der Waals surface area contributed by atoms with Crippen LogP contribution in [0.5, 0.6) is 0 Å². The van der Waals surface area contributed by atoms with Gasteiger partial charge in [-0.05, 0) is 52.4 Å². The van der Waals surface area contributed by atoms with Gasteiger partial charge in [-0.3, -0.25) is 0 Å². The normalized spacial score (nSPS) is 17.6. The van der Waals surface area contributed by atoms with Crippen LogP contribution in [0.2, 0.25) is 0 Å². The van der Waals surface area contributed by atoms with E-state index in [0.29, 0.717) is 4.99 Å². The van der Waals surface area contributed by atoms with Crippen LogP contribution in [0.3, 0.4) is 0 Å². The first-order chi connectivity index (χ1) is 8.42. The van der Waals surface area contributed by atoms with Crippen molar-refractivity contribution < 1.29 is 0 Å². The predicted molar refractivity (Wildman–Crippen MR) is 83.0 cm³/mol. The summed E-state index contributed by atoms with van der Waals surface area (Å²) in [6.07, 6.45) is 5.01. The van der Waals surface area contributed by atoms with Crippen molar-refractivity contribution in [2.75, 3.05) is 39.8 Å². The number of rotatable bonds is 8. The molecule has 1 fully saturated rings. The molecule has 0 spiro atoms. The maximum absolute atomic E-state index is 5.74. The lowest BCUT2D eigenvalue weighted by atomic mass is 9.88. The number of hydrogen-bond acceptors (Lipinski definition) is 3. The van der Waals surface area contributed by atoms with Crippen molar-refractivity contribution >= 4 is 17.2 Å². The molecule has 0 bridgehead atoms. The fourth-order valence-corrected chi connectivity index (χ4v) is 2.45. The lowest BCUT2D eigenvalue weighted by Gasteiger charge is -2.25. The van der Waals surface area contributed by atoms with E-state index in [-0.39, 0.29) is 5.41 Å². The molecule has 0 aromatic rings. The number of nitrogens with two attached hydrogens (primary N) is 1. The molecule has 0 radical (unpaired) electrons. The van der Waals surface area contributed by atoms with Gasteiger partial charge in [0.2, 0.25) is 0 Å². The fraction of sp³-hybridized carbons (Fsp3) is 0.929. The van der Waals surface area contributed by atoms with Gasteiger partial charge in [-0.1, -0.05) is 26.1 Å². The first-order valence-corrected chi connectivity index (χ1v) is 7.53. The van der Waals surface area contributed by atoms with E-state index in [1.54, 1.807) is 0 Å². The summed E-state index contributed by atoms with van der Waals surface area (Å²) in [5.74, 6) is 0. The topological polar surface area (TPSA) is 32.5 Å². The Kier molecular flexibility index (Phi) is 6.53. The molecule has 1 aliphatic rings. The second kappa shape index (κ2) is 7.41. The lowest BCUT2D eigenvalue weighted by molar-refractivity contribution is 0.248. The van der Waals surface area contributed by atoms with Gasteiger partial charge in [-0.25, -0.2) is 0 Å². The molecule has 18 heavy (non-hydrogen) atoms. The number of likely N-dealkylation sites (N-methyl/N-ethyl adjacent to an activating group) is 1. The van der Waals surface area contributed by atoms with Crippen LogP contribution in [0.25, 0.3) is 0 Å². The van der Waals surface area contributed by atoms with Crippen molar-refractivity contribution in [2.45, 2.75) is 39.5 Å². The third-order valence-electron chi connectivity index (χ3n) is 4.01. The predicted octanol–water partition coefficient (Wildman–Crippen LogP) is 2.11. The molecular formula is C14H29N3S. The smallest absolute Gasteiger partial charge is 0.0784 e. The zero-order chi connectivity index (χ0) is 13.6. The summed E-state index contributed by atoms with van der Waals surface area (Å²) in [6, 6.07) is 0. The van der Waals surface area contributed by atoms with Crippen LogP contribution in [0.4, 0.5) is 0 Å². The molecule has 1 aliphatic heterocycles. The third-order valence-corrected chi connectivity index (χ3v) is 4.56. The van der Waals surface area contributed by atoms with Gasteiger partial charge >= 0.3 is 0 Å². The Morgan fingerprint density at radius 2 is 1.89 bits per heavy atom. The summed E-state index contributed by atoms with van der Waals surface area (Å²) < 4.78 is 0. The third kappa shape index (κ3) is 5.63. The van der Waals surface area contributed by atoms with Gasteiger partial charge in [0.15, 0.2) is 0 Å². The minimum Gasteiger partial charge on any atom is -0.393 e. The van der Waals surface area contributed by atoms with E-state index in [2.05, 4.69) is 30.7 Å². The molecule has 0 atom stereocenters. The van der Waals surface area contributed by atoms with E-state index in [4.69, 9.17) is 18.0 Å². The number of hydrogen-bond donors (Lipinski definition) is 1. The molecule has 1 rings (SSSR count). The van der Waals surface area contributed by atoms with Crippen LogP contribution in [0.15, 0.2) is 0 Å². The Morgan fingerprint density at radius 1 is 1.28 bits per heavy atom. The van der Waals surface area contributed by atoms with Gasteiger partial charge in [0.1, 0.15) is 0 Å². The lowest BCUT2D eigenvalue weighted by Crippen LogP contribution is -2.33. The first-order valence-electron chi connectivity index (χ1n) is 7.12. The van der Waals surface area contributed by atoms with Crippen molar-refractivity contribution in [1.29, 1.82) is 0 Å². The Bertz CT molecular complexity index is 260. The fourth-order valence-electron chi connectivity index (χ4n) is 2.34. The number of likely N-dealkylation sites (tertiary alicyclic amines) is 1. The van der Waals surface area contributed by atoms with E-state index in [9.17, 15) is 0 Å². The molecular weight excluding hydrogens is 242 g/mol. The molecule has 0 unspecified atom stereocenters. The maximum atomic E-state index is 5.74. The second-order valence-electron chi connectivity index (χ2n) is 6.20. The van der Waals surface area contributed by atoms with E-state index >= 15 is 0 Å². The average molecular weight is 271 g/mol. The largest absolute Gasteiger partial charge is 0.393 e. The molecule has 106 valence electrons. The van der Waals surface area contributed by atoms with Crippen LogP contribution >= 0.6 is 12.2 Å². The summed E-state index contributed by atoms with van der Waals surface area (Å²) in [5.41, 5.74) is 5.74. The molecule has 2 N–H and O–H groups in total. The number of nitrogens with zero attached hydrogens (tertiary/aromatic N) is 2. The molecule has 1 saturated heterocycles. The minimum atomic E-state index is 0.00509. The van der Waals surface area contributed by atoms with Gasteiger partial charge in [0.25, 0.3) is 0 Å². The SMILES string of the molecule is CN(CCCC(C)(C)C(N)=S)CCN1CCCC1. The van der Waals surface area contributed by atoms with E-state index in [0.717, 1.165) is 13.0 Å². The summed E-state index contributed by atoms with van der Waals surface area (Å²) in [5, 5.41) is 0. The summed E-state index contributed by atoms with van der Waals surface area (Å²) in [7, 11) is 2.21. The highest BCUT2D eigenvalue weighted by Gasteiger charge is 2.20. The van der Waals surface area contributed by atoms with Crippen LogP contribution in [0.1, 0.15) is 39.5 Å². The van der Waals surface area contributed by atoms with Crippen LogP contribution in [-0.4, -0.2) is 54.6 Å². The molecule has 0 aromatic carbocycles. The highest BCUT2D eigenvalue weighted by atomic mass is 32.1. The molecule has 0 aromatic heterocycles. The Balaban J connectivity index is 2.09. The van der Waals surface area contributed by atoms with Crippen LogP contribution < -0.4 is 5.73 Å². The van der Waals surface area contributed by atoms with Crippen molar-refractivity contribution in [3.8, 4) is 0 Å². The van der Waals surface area contributed by atoms with Gasteiger partial charge in [-0.15, -0.1) is 0 Å². The zero-order valence-corrected chi connectivity index (χ0v) is 13.1. The van der Waals surface area contributed by atoms with Crippen molar-refractivity contribution in [1.82, 2.24) is 9.80 Å². The molecule has 0 aliphatic carbocycles. The summed E-state index contributed by atoms with van der Waals surface area (Å²) in [4.78, 5) is 5.63. The highest BCUT2D eigenvalue weighted by Crippen LogP contribution is 2.22. The van der Waals surface area contributed by atoms with Gasteiger partial charge in [0, 0.05) is 18.5 Å². The summed E-state index contributed by atoms with van der Waals surface area (Å²) in [6.45, 7) is 10.4. The Labute approximate surface area is 118 Å². The van der Waals surface area contributed by atoms with E-state index in [1.807, 2.05) is 0 Å². The van der Waals surface area contributed by atoms with Gasteiger partial charge in [0.05, 0.1) is 4.99 Å². The van der Waals surface area contributed by atoms with Crippen molar-refractivity contribution in [2.24, 2.45) is 11.1 Å². The quantitative estimate of drug-likeness (QED) is 0.685.